The van der Waals surface area contributed by atoms with Gasteiger partial charge in [0.2, 0.25) is 5.91 Å². The van der Waals surface area contributed by atoms with Gasteiger partial charge in [-0.2, -0.15) is 0 Å². The van der Waals surface area contributed by atoms with E-state index in [0.29, 0.717) is 23.8 Å². The molecule has 3 amide bonds. The van der Waals surface area contributed by atoms with E-state index < -0.39 is 0 Å². The molecule has 0 unspecified atom stereocenters. The Labute approximate surface area is 147 Å². The summed E-state index contributed by atoms with van der Waals surface area (Å²) in [5.74, 6) is 0.233. The predicted molar refractivity (Wildman–Crippen MR) is 93.0 cm³/mol. The molecule has 1 atom stereocenters. The van der Waals surface area contributed by atoms with Crippen LogP contribution in [-0.4, -0.2) is 52.9 Å². The summed E-state index contributed by atoms with van der Waals surface area (Å²) in [5.41, 5.74) is 0.677. The molecule has 0 radical (unpaired) electrons. The summed E-state index contributed by atoms with van der Waals surface area (Å²) < 4.78 is 0. The van der Waals surface area contributed by atoms with Crippen LogP contribution in [-0.2, 0) is 4.79 Å². The Morgan fingerprint density at radius 3 is 2.92 bits per heavy atom. The average molecular weight is 351 g/mol. The minimum Gasteiger partial charge on any atom is -0.342 e. The van der Waals surface area contributed by atoms with Crippen LogP contribution in [0.1, 0.15) is 32.6 Å². The monoisotopic (exact) mass is 350 g/mol. The molecule has 24 heavy (non-hydrogen) atoms. The first kappa shape index (κ1) is 17.0. The highest BCUT2D eigenvalue weighted by atomic mass is 35.5. The van der Waals surface area contributed by atoms with E-state index in [1.54, 1.807) is 18.3 Å². The van der Waals surface area contributed by atoms with Gasteiger partial charge in [-0.15, -0.1) is 0 Å². The summed E-state index contributed by atoms with van der Waals surface area (Å²) in [6, 6.07) is 3.28. The number of nitrogens with one attached hydrogen (secondary N) is 1. The number of pyridine rings is 1. The van der Waals surface area contributed by atoms with Gasteiger partial charge in [0.15, 0.2) is 0 Å². The van der Waals surface area contributed by atoms with Gasteiger partial charge in [0.1, 0.15) is 5.15 Å². The first-order chi connectivity index (χ1) is 11.5. The molecule has 0 bridgehead atoms. The standard InChI is InChI=1S/C17H23ClN4O2/c1-2-21-11-17(8-6-15(21)23)7-3-9-22(12-17)16(24)20-13-4-5-14(18)19-10-13/h4-5,10H,2-3,6-9,11-12H2,1H3,(H,20,24)/t17-/m1/s1. The van der Waals surface area contributed by atoms with Crippen LogP contribution in [0, 0.1) is 5.41 Å². The minimum atomic E-state index is -0.113. The van der Waals surface area contributed by atoms with Crippen LogP contribution in [0.3, 0.4) is 0 Å². The molecule has 0 saturated carbocycles. The van der Waals surface area contributed by atoms with Crippen molar-refractivity contribution in [2.24, 2.45) is 5.41 Å². The lowest BCUT2D eigenvalue weighted by molar-refractivity contribution is -0.138. The van der Waals surface area contributed by atoms with E-state index in [1.807, 2.05) is 16.7 Å². The van der Waals surface area contributed by atoms with E-state index >= 15 is 0 Å². The van der Waals surface area contributed by atoms with E-state index in [2.05, 4.69) is 10.3 Å². The Morgan fingerprint density at radius 2 is 2.21 bits per heavy atom. The highest BCUT2D eigenvalue weighted by Crippen LogP contribution is 2.38. The maximum Gasteiger partial charge on any atom is 0.321 e. The zero-order valence-electron chi connectivity index (χ0n) is 13.9. The molecule has 6 nitrogen and oxygen atoms in total. The molecule has 3 rings (SSSR count). The molecule has 7 heteroatoms. The van der Waals surface area contributed by atoms with Gasteiger partial charge in [-0.1, -0.05) is 11.6 Å². The number of hydrogen-bond acceptors (Lipinski definition) is 3. The smallest absolute Gasteiger partial charge is 0.321 e. The van der Waals surface area contributed by atoms with Crippen molar-refractivity contribution >= 4 is 29.2 Å². The SMILES string of the molecule is CCN1C[C@@]2(CCCN(C(=O)Nc3ccc(Cl)nc3)C2)CCC1=O. The highest BCUT2D eigenvalue weighted by molar-refractivity contribution is 6.29. The number of nitrogens with zero attached hydrogens (tertiary/aromatic N) is 3. The van der Waals surface area contributed by atoms with Crippen molar-refractivity contribution in [2.45, 2.75) is 32.6 Å². The van der Waals surface area contributed by atoms with Crippen LogP contribution in [0.2, 0.25) is 5.15 Å². The molecule has 1 aromatic rings. The Kier molecular flexibility index (Phi) is 4.94. The van der Waals surface area contributed by atoms with Crippen molar-refractivity contribution in [3.05, 3.63) is 23.5 Å². The largest absolute Gasteiger partial charge is 0.342 e. The zero-order valence-corrected chi connectivity index (χ0v) is 14.7. The number of rotatable bonds is 2. The normalized spacial score (nSPS) is 24.3. The summed E-state index contributed by atoms with van der Waals surface area (Å²) in [6.07, 6.45) is 5.05. The number of anilines is 1. The van der Waals surface area contributed by atoms with Gasteiger partial charge in [-0.05, 0) is 38.3 Å². The molecule has 1 N–H and O–H groups in total. The Morgan fingerprint density at radius 1 is 1.38 bits per heavy atom. The first-order valence-electron chi connectivity index (χ1n) is 8.47. The van der Waals surface area contributed by atoms with Gasteiger partial charge in [-0.25, -0.2) is 9.78 Å². The van der Waals surface area contributed by atoms with E-state index in [4.69, 9.17) is 11.6 Å². The van der Waals surface area contributed by atoms with Crippen molar-refractivity contribution in [2.75, 3.05) is 31.5 Å². The number of piperidine rings is 2. The number of carbonyl (C=O) groups excluding carboxylic acids is 2. The predicted octanol–water partition coefficient (Wildman–Crippen LogP) is 2.99. The van der Waals surface area contributed by atoms with Gasteiger partial charge in [0, 0.05) is 38.0 Å². The summed E-state index contributed by atoms with van der Waals surface area (Å²) in [4.78, 5) is 32.3. The van der Waals surface area contributed by atoms with Gasteiger partial charge >= 0.3 is 6.03 Å². The Balaban J connectivity index is 1.65. The molecule has 0 aliphatic carbocycles. The molecule has 1 spiro atoms. The number of hydrogen-bond donors (Lipinski definition) is 1. The third-order valence-corrected chi connectivity index (χ3v) is 5.28. The quantitative estimate of drug-likeness (QED) is 0.834. The number of amides is 3. The number of halogens is 1. The lowest BCUT2D eigenvalue weighted by Gasteiger charge is -2.48. The van der Waals surface area contributed by atoms with Crippen molar-refractivity contribution < 1.29 is 9.59 Å². The lowest BCUT2D eigenvalue weighted by atomic mass is 9.73. The van der Waals surface area contributed by atoms with E-state index in [1.165, 1.54) is 0 Å². The van der Waals surface area contributed by atoms with Crippen LogP contribution in [0.4, 0.5) is 10.5 Å². The van der Waals surface area contributed by atoms with Crippen LogP contribution in [0.15, 0.2) is 18.3 Å². The van der Waals surface area contributed by atoms with E-state index in [9.17, 15) is 9.59 Å². The molecule has 3 heterocycles. The van der Waals surface area contributed by atoms with Crippen molar-refractivity contribution in [3.8, 4) is 0 Å². The third kappa shape index (κ3) is 3.64. The second-order valence-corrected chi connectivity index (χ2v) is 7.12. The summed E-state index contributed by atoms with van der Waals surface area (Å²) in [6.45, 7) is 4.95. The van der Waals surface area contributed by atoms with E-state index in [-0.39, 0.29) is 17.4 Å². The summed E-state index contributed by atoms with van der Waals surface area (Å²) >= 11 is 5.77. The Hall–Kier alpha value is -1.82. The van der Waals surface area contributed by atoms with Crippen LogP contribution >= 0.6 is 11.6 Å². The average Bonchev–Trinajstić information content (AvgIpc) is 2.59. The summed E-state index contributed by atoms with van der Waals surface area (Å²) in [7, 11) is 0. The molecule has 0 aromatic carbocycles. The van der Waals surface area contributed by atoms with Gasteiger partial charge in [-0.3, -0.25) is 4.79 Å². The highest BCUT2D eigenvalue weighted by Gasteiger charge is 2.42. The second-order valence-electron chi connectivity index (χ2n) is 6.73. The third-order valence-electron chi connectivity index (χ3n) is 5.06. The maximum absolute atomic E-state index is 12.6. The van der Waals surface area contributed by atoms with Crippen molar-refractivity contribution in [1.29, 1.82) is 0 Å². The van der Waals surface area contributed by atoms with Gasteiger partial charge in [0.25, 0.3) is 0 Å². The lowest BCUT2D eigenvalue weighted by Crippen LogP contribution is -2.55. The number of aromatic nitrogens is 1. The molecule has 2 fully saturated rings. The van der Waals surface area contributed by atoms with Gasteiger partial charge < -0.3 is 15.1 Å². The van der Waals surface area contributed by atoms with Crippen LogP contribution in [0.5, 0.6) is 0 Å². The van der Waals surface area contributed by atoms with Crippen LogP contribution < -0.4 is 5.32 Å². The molecular formula is C17H23ClN4O2. The first-order valence-corrected chi connectivity index (χ1v) is 8.84. The fraction of sp³-hybridized carbons (Fsp3) is 0.588. The molecular weight excluding hydrogens is 328 g/mol. The number of urea groups is 1. The zero-order chi connectivity index (χ0) is 17.2. The fourth-order valence-electron chi connectivity index (χ4n) is 3.76. The Bertz CT molecular complexity index is 622. The van der Waals surface area contributed by atoms with Crippen molar-refractivity contribution in [3.63, 3.8) is 0 Å². The molecule has 2 aliphatic heterocycles. The number of likely N-dealkylation sites (tertiary alicyclic amines) is 2. The van der Waals surface area contributed by atoms with Crippen molar-refractivity contribution in [1.82, 2.24) is 14.8 Å². The van der Waals surface area contributed by atoms with Gasteiger partial charge in [0.05, 0.1) is 11.9 Å². The minimum absolute atomic E-state index is 0.0394. The summed E-state index contributed by atoms with van der Waals surface area (Å²) in [5, 5.41) is 3.28. The van der Waals surface area contributed by atoms with Crippen LogP contribution in [0.25, 0.3) is 0 Å². The molecule has 1 aromatic heterocycles. The molecule has 2 aliphatic rings. The van der Waals surface area contributed by atoms with E-state index in [0.717, 1.165) is 38.9 Å². The topological polar surface area (TPSA) is 65.5 Å². The maximum atomic E-state index is 12.6. The number of carbonyl (C=O) groups is 2. The fourth-order valence-corrected chi connectivity index (χ4v) is 3.87. The second kappa shape index (κ2) is 6.97. The molecule has 130 valence electrons. The molecule has 2 saturated heterocycles.